The molecule has 1 aliphatic carbocycles. The quantitative estimate of drug-likeness (QED) is 0.803. The Morgan fingerprint density at radius 1 is 1.56 bits per heavy atom. The van der Waals surface area contributed by atoms with Gasteiger partial charge in [-0.3, -0.25) is 0 Å². The lowest BCUT2D eigenvalue weighted by Gasteiger charge is -2.18. The standard InChI is InChI=1S/C12H13BrN2O/c1-15-11-3-2-8(16)5-9(11)10-4-7(13)6-14-12(10)15/h4,6,8,16H,2-3,5H2,1H3. The summed E-state index contributed by atoms with van der Waals surface area (Å²) in [6.07, 6.45) is 4.19. The highest BCUT2D eigenvalue weighted by Gasteiger charge is 2.23. The van der Waals surface area contributed by atoms with Gasteiger partial charge in [0.1, 0.15) is 5.65 Å². The largest absolute Gasteiger partial charge is 0.393 e. The highest BCUT2D eigenvalue weighted by Crippen LogP contribution is 2.31. The molecule has 1 N–H and O–H groups in total. The van der Waals surface area contributed by atoms with Gasteiger partial charge in [-0.15, -0.1) is 0 Å². The fourth-order valence-electron chi connectivity index (χ4n) is 2.59. The van der Waals surface area contributed by atoms with Crippen LogP contribution in [-0.2, 0) is 19.9 Å². The van der Waals surface area contributed by atoms with Gasteiger partial charge in [-0.1, -0.05) is 0 Å². The molecule has 0 aliphatic heterocycles. The number of aryl methyl sites for hydroxylation is 1. The molecule has 0 fully saturated rings. The van der Waals surface area contributed by atoms with Crippen LogP contribution in [0.5, 0.6) is 0 Å². The van der Waals surface area contributed by atoms with Gasteiger partial charge in [0.05, 0.1) is 6.10 Å². The Kier molecular flexibility index (Phi) is 2.30. The van der Waals surface area contributed by atoms with E-state index in [1.807, 2.05) is 6.20 Å². The van der Waals surface area contributed by atoms with Gasteiger partial charge in [-0.2, -0.15) is 0 Å². The smallest absolute Gasteiger partial charge is 0.140 e. The number of halogens is 1. The van der Waals surface area contributed by atoms with Gasteiger partial charge in [-0.25, -0.2) is 4.98 Å². The number of aliphatic hydroxyl groups is 1. The van der Waals surface area contributed by atoms with Gasteiger partial charge in [0.2, 0.25) is 0 Å². The first-order valence-electron chi connectivity index (χ1n) is 5.46. The van der Waals surface area contributed by atoms with Crippen LogP contribution in [0.4, 0.5) is 0 Å². The van der Waals surface area contributed by atoms with Crippen LogP contribution in [0, 0.1) is 0 Å². The molecular formula is C12H13BrN2O. The minimum Gasteiger partial charge on any atom is -0.393 e. The predicted molar refractivity (Wildman–Crippen MR) is 66.4 cm³/mol. The number of aliphatic hydroxyl groups excluding tert-OH is 1. The molecule has 4 heteroatoms. The molecule has 2 aromatic heterocycles. The lowest BCUT2D eigenvalue weighted by atomic mass is 9.94. The fourth-order valence-corrected chi connectivity index (χ4v) is 2.93. The molecule has 84 valence electrons. The van der Waals surface area contributed by atoms with Crippen molar-refractivity contribution in [3.8, 4) is 0 Å². The molecule has 16 heavy (non-hydrogen) atoms. The number of fused-ring (bicyclic) bond motifs is 3. The first-order chi connectivity index (χ1) is 7.66. The van der Waals surface area contributed by atoms with Gasteiger partial charge in [0, 0.05) is 35.2 Å². The Hall–Kier alpha value is -0.870. The van der Waals surface area contributed by atoms with E-state index in [1.54, 1.807) is 0 Å². The van der Waals surface area contributed by atoms with Crippen molar-refractivity contribution in [2.24, 2.45) is 7.05 Å². The van der Waals surface area contributed by atoms with Crippen LogP contribution in [-0.4, -0.2) is 20.8 Å². The molecule has 0 spiro atoms. The third-order valence-electron chi connectivity index (χ3n) is 3.38. The topological polar surface area (TPSA) is 38.0 Å². The van der Waals surface area contributed by atoms with Crippen LogP contribution in [0.25, 0.3) is 11.0 Å². The van der Waals surface area contributed by atoms with E-state index >= 15 is 0 Å². The molecule has 3 nitrogen and oxygen atoms in total. The van der Waals surface area contributed by atoms with Gasteiger partial charge in [0.15, 0.2) is 0 Å². The van der Waals surface area contributed by atoms with Gasteiger partial charge in [0.25, 0.3) is 0 Å². The van der Waals surface area contributed by atoms with E-state index in [1.165, 1.54) is 16.6 Å². The molecule has 0 bridgehead atoms. The summed E-state index contributed by atoms with van der Waals surface area (Å²) in [5.41, 5.74) is 3.61. The molecule has 0 amide bonds. The van der Waals surface area contributed by atoms with E-state index in [4.69, 9.17) is 0 Å². The molecule has 2 heterocycles. The highest BCUT2D eigenvalue weighted by atomic mass is 79.9. The second kappa shape index (κ2) is 3.57. The minimum absolute atomic E-state index is 0.197. The van der Waals surface area contributed by atoms with E-state index in [-0.39, 0.29) is 6.10 Å². The zero-order valence-electron chi connectivity index (χ0n) is 9.07. The third-order valence-corrected chi connectivity index (χ3v) is 3.82. The summed E-state index contributed by atoms with van der Waals surface area (Å²) in [7, 11) is 2.06. The molecule has 1 atom stereocenters. The van der Waals surface area contributed by atoms with E-state index in [2.05, 4.69) is 38.6 Å². The van der Waals surface area contributed by atoms with Crippen LogP contribution < -0.4 is 0 Å². The van der Waals surface area contributed by atoms with Crippen molar-refractivity contribution in [2.75, 3.05) is 0 Å². The molecule has 0 saturated heterocycles. The van der Waals surface area contributed by atoms with Crippen LogP contribution in [0.3, 0.4) is 0 Å². The number of nitrogens with zero attached hydrogens (tertiary/aromatic N) is 2. The van der Waals surface area contributed by atoms with Crippen molar-refractivity contribution >= 4 is 27.0 Å². The lowest BCUT2D eigenvalue weighted by Crippen LogP contribution is -2.19. The maximum Gasteiger partial charge on any atom is 0.140 e. The van der Waals surface area contributed by atoms with Crippen molar-refractivity contribution in [1.29, 1.82) is 0 Å². The maximum atomic E-state index is 9.75. The Morgan fingerprint density at radius 2 is 2.38 bits per heavy atom. The monoisotopic (exact) mass is 280 g/mol. The summed E-state index contributed by atoms with van der Waals surface area (Å²) < 4.78 is 3.15. The van der Waals surface area contributed by atoms with Crippen molar-refractivity contribution in [2.45, 2.75) is 25.4 Å². The van der Waals surface area contributed by atoms with Crippen LogP contribution in [0.15, 0.2) is 16.7 Å². The first kappa shape index (κ1) is 10.3. The fraction of sp³-hybridized carbons (Fsp3) is 0.417. The van der Waals surface area contributed by atoms with E-state index in [0.717, 1.165) is 29.4 Å². The van der Waals surface area contributed by atoms with Crippen molar-refractivity contribution in [3.63, 3.8) is 0 Å². The van der Waals surface area contributed by atoms with Crippen LogP contribution >= 0.6 is 15.9 Å². The van der Waals surface area contributed by atoms with Gasteiger partial charge >= 0.3 is 0 Å². The minimum atomic E-state index is -0.197. The summed E-state index contributed by atoms with van der Waals surface area (Å²) in [4.78, 5) is 4.44. The second-order valence-electron chi connectivity index (χ2n) is 4.41. The third kappa shape index (κ3) is 1.40. The molecule has 3 rings (SSSR count). The first-order valence-corrected chi connectivity index (χ1v) is 6.26. The summed E-state index contributed by atoms with van der Waals surface area (Å²) in [6, 6.07) is 2.10. The summed E-state index contributed by atoms with van der Waals surface area (Å²) in [6.45, 7) is 0. The Balaban J connectivity index is 2.33. The molecule has 0 aromatic carbocycles. The summed E-state index contributed by atoms with van der Waals surface area (Å²) in [5.74, 6) is 0. The normalized spacial score (nSPS) is 20.1. The molecule has 1 aliphatic rings. The molecular weight excluding hydrogens is 268 g/mol. The maximum absolute atomic E-state index is 9.75. The average Bonchev–Trinajstić information content (AvgIpc) is 2.52. The highest BCUT2D eigenvalue weighted by molar-refractivity contribution is 9.10. The van der Waals surface area contributed by atoms with E-state index in [9.17, 15) is 5.11 Å². The Labute approximate surface area is 102 Å². The van der Waals surface area contributed by atoms with Gasteiger partial charge < -0.3 is 9.67 Å². The number of rotatable bonds is 0. The van der Waals surface area contributed by atoms with Crippen LogP contribution in [0.2, 0.25) is 0 Å². The SMILES string of the molecule is Cn1c2c(c3cc(Br)cnc31)CC(O)CC2. The van der Waals surface area contributed by atoms with E-state index in [0.29, 0.717) is 0 Å². The summed E-state index contributed by atoms with van der Waals surface area (Å²) >= 11 is 3.45. The van der Waals surface area contributed by atoms with E-state index < -0.39 is 0 Å². The molecule has 1 unspecified atom stereocenters. The van der Waals surface area contributed by atoms with Crippen molar-refractivity contribution < 1.29 is 5.11 Å². The molecule has 0 radical (unpaired) electrons. The summed E-state index contributed by atoms with van der Waals surface area (Å²) in [5, 5.41) is 10.9. The lowest BCUT2D eigenvalue weighted by molar-refractivity contribution is 0.158. The Bertz CT molecular complexity index is 562. The Morgan fingerprint density at radius 3 is 3.19 bits per heavy atom. The zero-order valence-corrected chi connectivity index (χ0v) is 10.7. The number of pyridine rings is 1. The molecule has 2 aromatic rings. The average molecular weight is 281 g/mol. The second-order valence-corrected chi connectivity index (χ2v) is 5.32. The number of aromatic nitrogens is 2. The van der Waals surface area contributed by atoms with Crippen molar-refractivity contribution in [3.05, 3.63) is 28.0 Å². The van der Waals surface area contributed by atoms with Crippen molar-refractivity contribution in [1.82, 2.24) is 9.55 Å². The van der Waals surface area contributed by atoms with Gasteiger partial charge in [-0.05, 0) is 40.4 Å². The number of hydrogen-bond donors (Lipinski definition) is 1. The predicted octanol–water partition coefficient (Wildman–Crippen LogP) is 2.19. The van der Waals surface area contributed by atoms with Crippen LogP contribution in [0.1, 0.15) is 17.7 Å². The zero-order chi connectivity index (χ0) is 11.3. The molecule has 0 saturated carbocycles. The number of hydrogen-bond acceptors (Lipinski definition) is 2.